The van der Waals surface area contributed by atoms with Crippen LogP contribution < -0.4 is 11.1 Å². The number of anilines is 1. The first-order valence-electron chi connectivity index (χ1n) is 11.5. The Bertz CT molecular complexity index is 1290. The highest BCUT2D eigenvalue weighted by atomic mass is 19.4. The van der Waals surface area contributed by atoms with Crippen LogP contribution in [0.4, 0.5) is 27.8 Å². The zero-order chi connectivity index (χ0) is 27.3. The third-order valence-electron chi connectivity index (χ3n) is 6.83. The highest BCUT2D eigenvalue weighted by Gasteiger charge is 2.54. The highest BCUT2D eigenvalue weighted by Crippen LogP contribution is 2.44. The van der Waals surface area contributed by atoms with Crippen molar-refractivity contribution in [3.8, 4) is 0 Å². The van der Waals surface area contributed by atoms with E-state index in [1.807, 2.05) is 11.9 Å². The molecule has 2 aliphatic heterocycles. The molecule has 0 radical (unpaired) electrons. The molecule has 2 atom stereocenters. The molecule has 1 unspecified atom stereocenters. The van der Waals surface area contributed by atoms with Gasteiger partial charge in [-0.1, -0.05) is 12.1 Å². The summed E-state index contributed by atoms with van der Waals surface area (Å²) >= 11 is 0. The molecule has 1 aromatic heterocycles. The minimum Gasteiger partial charge on any atom is -0.403 e. The number of allylic oxidation sites excluding steroid dienone is 1. The molecule has 1 spiro atoms. The average Bonchev–Trinajstić information content (AvgIpc) is 3.20. The Kier molecular flexibility index (Phi) is 6.69. The third kappa shape index (κ3) is 4.52. The number of nitrogens with two attached hydrogens (primary N) is 1. The van der Waals surface area contributed by atoms with E-state index in [0.717, 1.165) is 17.2 Å². The predicted octanol–water partition coefficient (Wildman–Crippen LogP) is 3.78. The molecule has 1 fully saturated rings. The lowest BCUT2D eigenvalue weighted by Gasteiger charge is -2.41. The van der Waals surface area contributed by atoms with E-state index in [1.54, 1.807) is 6.92 Å². The van der Waals surface area contributed by atoms with Crippen molar-refractivity contribution in [3.63, 3.8) is 0 Å². The topological polar surface area (TPSA) is 111 Å². The molecule has 2 aromatic rings. The van der Waals surface area contributed by atoms with Crippen molar-refractivity contribution in [2.75, 3.05) is 25.5 Å². The maximum atomic E-state index is 14.8. The molecule has 1 aromatic carbocycles. The lowest BCUT2D eigenvalue weighted by atomic mass is 9.76. The summed E-state index contributed by atoms with van der Waals surface area (Å²) < 4.78 is 68.7. The van der Waals surface area contributed by atoms with Gasteiger partial charge in [-0.25, -0.2) is 14.4 Å². The summed E-state index contributed by atoms with van der Waals surface area (Å²) in [6.45, 7) is 3.66. The molecule has 1 amide bonds. The summed E-state index contributed by atoms with van der Waals surface area (Å²) in [4.78, 5) is 25.6. The molecule has 8 nitrogen and oxygen atoms in total. The van der Waals surface area contributed by atoms with Crippen molar-refractivity contribution in [3.05, 3.63) is 64.1 Å². The molecule has 37 heavy (non-hydrogen) atoms. The van der Waals surface area contributed by atoms with Crippen LogP contribution >= 0.6 is 0 Å². The van der Waals surface area contributed by atoms with Gasteiger partial charge in [-0.3, -0.25) is 10.2 Å². The minimum atomic E-state index is -4.87. The first kappa shape index (κ1) is 26.5. The van der Waals surface area contributed by atoms with Crippen molar-refractivity contribution in [1.29, 1.82) is 5.41 Å². The van der Waals surface area contributed by atoms with Gasteiger partial charge in [0.1, 0.15) is 28.6 Å². The van der Waals surface area contributed by atoms with E-state index in [9.17, 15) is 26.7 Å². The maximum absolute atomic E-state index is 14.8. The van der Waals surface area contributed by atoms with E-state index in [0.29, 0.717) is 36.1 Å². The van der Waals surface area contributed by atoms with Crippen LogP contribution in [0.5, 0.6) is 0 Å². The number of hydrogen-bond acceptors (Lipinski definition) is 7. The lowest BCUT2D eigenvalue weighted by molar-refractivity contribution is -0.140. The number of alkyl halides is 3. The summed E-state index contributed by atoms with van der Waals surface area (Å²) in [6, 6.07) is 2.07. The van der Waals surface area contributed by atoms with Gasteiger partial charge in [-0.2, -0.15) is 17.6 Å². The Morgan fingerprint density at radius 2 is 2.03 bits per heavy atom. The number of nitrogens with one attached hydrogen (secondary N) is 2. The van der Waals surface area contributed by atoms with Crippen molar-refractivity contribution >= 4 is 17.7 Å². The van der Waals surface area contributed by atoms with Gasteiger partial charge < -0.3 is 20.9 Å². The highest BCUT2D eigenvalue weighted by molar-refractivity contribution is 5.99. The molecule has 0 bridgehead atoms. The minimum absolute atomic E-state index is 0.167. The zero-order valence-electron chi connectivity index (χ0n) is 20.4. The van der Waals surface area contributed by atoms with Crippen LogP contribution in [-0.2, 0) is 22.9 Å². The number of likely N-dealkylation sites (N-methyl/N-ethyl adjacent to an activating group) is 1. The Balaban J connectivity index is 1.84. The second kappa shape index (κ2) is 9.36. The Morgan fingerprint density at radius 3 is 2.59 bits per heavy atom. The first-order valence-corrected chi connectivity index (χ1v) is 11.5. The number of fused-ring (bicyclic) bond motifs is 2. The van der Waals surface area contributed by atoms with E-state index in [2.05, 4.69) is 15.3 Å². The molecule has 0 aliphatic carbocycles. The summed E-state index contributed by atoms with van der Waals surface area (Å²) in [5.41, 5.74) is 3.14. The first-order chi connectivity index (χ1) is 17.3. The Hall–Kier alpha value is -3.61. The molecule has 13 heteroatoms. The van der Waals surface area contributed by atoms with E-state index in [1.165, 1.54) is 13.0 Å². The van der Waals surface area contributed by atoms with Gasteiger partial charge in [0.2, 0.25) is 11.9 Å². The fourth-order valence-corrected chi connectivity index (χ4v) is 5.08. The molecule has 198 valence electrons. The number of carbonyl (C=O) groups excluding carboxylic acids is 1. The van der Waals surface area contributed by atoms with Gasteiger partial charge >= 0.3 is 6.18 Å². The number of amides is 1. The number of benzene rings is 1. The molecular formula is C24H26F5N7O. The molecule has 2 aliphatic rings. The van der Waals surface area contributed by atoms with Gasteiger partial charge in [0.25, 0.3) is 0 Å². The normalized spacial score (nSPS) is 21.4. The zero-order valence-corrected chi connectivity index (χ0v) is 20.4. The fraction of sp³-hybridized carbons (Fsp3) is 0.417. The van der Waals surface area contributed by atoms with Crippen molar-refractivity contribution in [2.45, 2.75) is 44.4 Å². The van der Waals surface area contributed by atoms with Crippen molar-refractivity contribution in [2.24, 2.45) is 5.73 Å². The number of aromatic nitrogens is 2. The second-order valence-corrected chi connectivity index (χ2v) is 9.35. The number of carbonyl (C=O) groups is 1. The SMILES string of the molecule is Cc1nc(N[C@H](C)c2cccc(C(F)(F)F)c2F)c2c(n1)C1(CCN(C)C1)C(=O)N(C(=CN)C(=N)F)C2. The Morgan fingerprint density at radius 1 is 1.32 bits per heavy atom. The van der Waals surface area contributed by atoms with Gasteiger partial charge in [0.05, 0.1) is 23.8 Å². The largest absolute Gasteiger partial charge is 0.419 e. The molecule has 0 saturated carbocycles. The fourth-order valence-electron chi connectivity index (χ4n) is 5.08. The van der Waals surface area contributed by atoms with Crippen molar-refractivity contribution in [1.82, 2.24) is 19.8 Å². The van der Waals surface area contributed by atoms with Crippen LogP contribution in [0, 0.1) is 18.2 Å². The molecule has 4 rings (SSSR count). The molecule has 1 saturated heterocycles. The monoisotopic (exact) mass is 523 g/mol. The number of aryl methyl sites for hydroxylation is 1. The Labute approximate surface area is 209 Å². The number of rotatable bonds is 5. The van der Waals surface area contributed by atoms with Crippen LogP contribution in [0.25, 0.3) is 0 Å². The number of nitrogens with zero attached hydrogens (tertiary/aromatic N) is 4. The third-order valence-corrected chi connectivity index (χ3v) is 6.83. The smallest absolute Gasteiger partial charge is 0.403 e. The van der Waals surface area contributed by atoms with E-state index in [-0.39, 0.29) is 24.5 Å². The molecular weight excluding hydrogens is 497 g/mol. The number of halogens is 5. The standard InChI is InChI=1S/C24H26F5N7O/c1-12(14-5-4-6-16(18(14)25)24(27,28)29)32-21-15-10-36(17(9-30)20(26)31)22(37)23(7-8-35(3)11-23)19(15)33-13(2)34-21/h4-6,9,12,31H,7-8,10-11,30H2,1-3H3,(H,32,33,34)/t12-,23?/m1/s1. The van der Waals surface area contributed by atoms with Gasteiger partial charge in [-0.15, -0.1) is 0 Å². The predicted molar refractivity (Wildman–Crippen MR) is 126 cm³/mol. The van der Waals surface area contributed by atoms with Crippen LogP contribution in [0.1, 0.15) is 47.6 Å². The summed E-state index contributed by atoms with van der Waals surface area (Å²) in [6.07, 6.45) is -3.68. The summed E-state index contributed by atoms with van der Waals surface area (Å²) in [5.74, 6) is -2.81. The van der Waals surface area contributed by atoms with Crippen LogP contribution in [0.15, 0.2) is 30.1 Å². The molecule has 3 heterocycles. The van der Waals surface area contributed by atoms with Gasteiger partial charge in [-0.05, 0) is 39.9 Å². The molecule has 4 N–H and O–H groups in total. The number of hydrogen-bond donors (Lipinski definition) is 3. The van der Waals surface area contributed by atoms with E-state index < -0.39 is 46.6 Å². The lowest BCUT2D eigenvalue weighted by Crippen LogP contribution is -2.53. The van der Waals surface area contributed by atoms with Crippen LogP contribution in [0.3, 0.4) is 0 Å². The van der Waals surface area contributed by atoms with E-state index in [4.69, 9.17) is 11.1 Å². The number of likely N-dealkylation sites (tertiary alicyclic amines) is 1. The van der Waals surface area contributed by atoms with Crippen molar-refractivity contribution < 1.29 is 26.7 Å². The van der Waals surface area contributed by atoms with Crippen LogP contribution in [0.2, 0.25) is 0 Å². The van der Waals surface area contributed by atoms with E-state index >= 15 is 0 Å². The average molecular weight is 524 g/mol. The van der Waals surface area contributed by atoms with Gasteiger partial charge in [0, 0.05) is 23.9 Å². The van der Waals surface area contributed by atoms with Crippen LogP contribution in [-0.4, -0.2) is 51.8 Å². The maximum Gasteiger partial charge on any atom is 0.419 e. The van der Waals surface area contributed by atoms with Gasteiger partial charge in [0.15, 0.2) is 0 Å². The summed E-state index contributed by atoms with van der Waals surface area (Å²) in [5, 5.41) is 10.4. The quantitative estimate of drug-likeness (QED) is 0.407. The second-order valence-electron chi connectivity index (χ2n) is 9.35. The summed E-state index contributed by atoms with van der Waals surface area (Å²) in [7, 11) is 1.82.